The van der Waals surface area contributed by atoms with Crippen molar-refractivity contribution in [3.05, 3.63) is 29.8 Å². The summed E-state index contributed by atoms with van der Waals surface area (Å²) >= 11 is 0. The lowest BCUT2D eigenvalue weighted by Gasteiger charge is -2.33. The van der Waals surface area contributed by atoms with Crippen LogP contribution in [0.25, 0.3) is 0 Å². The highest BCUT2D eigenvalue weighted by molar-refractivity contribution is 5.31. The first-order chi connectivity index (χ1) is 7.58. The molecule has 0 spiro atoms. The van der Waals surface area contributed by atoms with Crippen LogP contribution in [0, 0.1) is 5.92 Å². The number of hydrogen-bond acceptors (Lipinski definition) is 2. The highest BCUT2D eigenvalue weighted by atomic mass is 16.5. The molecule has 2 atom stereocenters. The van der Waals surface area contributed by atoms with Crippen molar-refractivity contribution in [1.29, 1.82) is 0 Å². The van der Waals surface area contributed by atoms with Crippen LogP contribution in [0.2, 0.25) is 0 Å². The number of ether oxygens (including phenoxy) is 1. The molecule has 1 rings (SSSR count). The summed E-state index contributed by atoms with van der Waals surface area (Å²) < 4.78 is 5.12. The Labute approximate surface area is 98.3 Å². The van der Waals surface area contributed by atoms with Crippen LogP contribution in [-0.4, -0.2) is 12.2 Å². The molecule has 0 aliphatic heterocycles. The number of aliphatic hydroxyl groups is 1. The molecule has 0 bridgehead atoms. The van der Waals surface area contributed by atoms with Gasteiger partial charge in [0.25, 0.3) is 0 Å². The lowest BCUT2D eigenvalue weighted by molar-refractivity contribution is -0.0225. The fourth-order valence-corrected chi connectivity index (χ4v) is 2.05. The van der Waals surface area contributed by atoms with Gasteiger partial charge in [0, 0.05) is 0 Å². The Morgan fingerprint density at radius 1 is 1.25 bits per heavy atom. The number of methoxy groups -OCH3 is 1. The molecule has 0 saturated heterocycles. The van der Waals surface area contributed by atoms with E-state index in [4.69, 9.17) is 4.74 Å². The predicted octanol–water partition coefficient (Wildman–Crippen LogP) is 3.34. The maximum absolute atomic E-state index is 10.7. The van der Waals surface area contributed by atoms with Gasteiger partial charge in [-0.25, -0.2) is 0 Å². The molecule has 0 radical (unpaired) electrons. The molecule has 0 aromatic heterocycles. The smallest absolute Gasteiger partial charge is 0.118 e. The molecule has 0 aliphatic rings. The highest BCUT2D eigenvalue weighted by Crippen LogP contribution is 2.35. The van der Waals surface area contributed by atoms with Gasteiger partial charge in [0.1, 0.15) is 5.75 Å². The standard InChI is InChI=1S/C14H22O2/c1-5-11(3)14(15,6-2)12-7-9-13(16-4)10-8-12/h7-11,15H,5-6H2,1-4H3. The van der Waals surface area contributed by atoms with Gasteiger partial charge in [-0.15, -0.1) is 0 Å². The van der Waals surface area contributed by atoms with Crippen molar-refractivity contribution >= 4 is 0 Å². The minimum atomic E-state index is -0.721. The van der Waals surface area contributed by atoms with Gasteiger partial charge in [0.15, 0.2) is 0 Å². The van der Waals surface area contributed by atoms with Crippen LogP contribution in [0.3, 0.4) is 0 Å². The monoisotopic (exact) mass is 222 g/mol. The van der Waals surface area contributed by atoms with E-state index in [9.17, 15) is 5.11 Å². The van der Waals surface area contributed by atoms with E-state index in [-0.39, 0.29) is 5.92 Å². The van der Waals surface area contributed by atoms with E-state index >= 15 is 0 Å². The van der Waals surface area contributed by atoms with Gasteiger partial charge in [-0.2, -0.15) is 0 Å². The van der Waals surface area contributed by atoms with Crippen LogP contribution in [-0.2, 0) is 5.60 Å². The second-order valence-electron chi connectivity index (χ2n) is 4.32. The minimum absolute atomic E-state index is 0.255. The number of benzene rings is 1. The zero-order chi connectivity index (χ0) is 12.2. The number of rotatable bonds is 5. The molecule has 2 nitrogen and oxygen atoms in total. The summed E-state index contributed by atoms with van der Waals surface area (Å²) in [6.45, 7) is 6.22. The highest BCUT2D eigenvalue weighted by Gasteiger charge is 2.32. The normalized spacial score (nSPS) is 16.6. The van der Waals surface area contributed by atoms with Crippen LogP contribution in [0.15, 0.2) is 24.3 Å². The zero-order valence-corrected chi connectivity index (χ0v) is 10.7. The Morgan fingerprint density at radius 3 is 2.19 bits per heavy atom. The molecule has 1 aromatic rings. The third kappa shape index (κ3) is 2.38. The first-order valence-corrected chi connectivity index (χ1v) is 5.95. The maximum Gasteiger partial charge on any atom is 0.118 e. The largest absolute Gasteiger partial charge is 0.497 e. The van der Waals surface area contributed by atoms with Crippen molar-refractivity contribution in [2.75, 3.05) is 7.11 Å². The topological polar surface area (TPSA) is 29.5 Å². The van der Waals surface area contributed by atoms with Crippen LogP contribution in [0.1, 0.15) is 39.2 Å². The van der Waals surface area contributed by atoms with Gasteiger partial charge in [-0.1, -0.05) is 39.3 Å². The molecule has 0 amide bonds. The van der Waals surface area contributed by atoms with E-state index in [1.54, 1.807) is 7.11 Å². The second kappa shape index (κ2) is 5.35. The zero-order valence-electron chi connectivity index (χ0n) is 10.7. The first-order valence-electron chi connectivity index (χ1n) is 5.95. The van der Waals surface area contributed by atoms with Gasteiger partial charge >= 0.3 is 0 Å². The third-order valence-electron chi connectivity index (χ3n) is 3.56. The molecule has 1 N–H and O–H groups in total. The van der Waals surface area contributed by atoms with Crippen LogP contribution in [0.5, 0.6) is 5.75 Å². The van der Waals surface area contributed by atoms with Crippen molar-refractivity contribution in [2.45, 2.75) is 39.2 Å². The van der Waals surface area contributed by atoms with E-state index in [1.807, 2.05) is 31.2 Å². The lowest BCUT2D eigenvalue weighted by Crippen LogP contribution is -2.32. The summed E-state index contributed by atoms with van der Waals surface area (Å²) in [5, 5.41) is 10.7. The van der Waals surface area contributed by atoms with Crippen molar-refractivity contribution in [2.24, 2.45) is 5.92 Å². The average molecular weight is 222 g/mol. The van der Waals surface area contributed by atoms with Gasteiger partial charge < -0.3 is 9.84 Å². The fourth-order valence-electron chi connectivity index (χ4n) is 2.05. The van der Waals surface area contributed by atoms with Crippen molar-refractivity contribution < 1.29 is 9.84 Å². The molecule has 0 heterocycles. The van der Waals surface area contributed by atoms with Crippen molar-refractivity contribution in [3.8, 4) is 5.75 Å². The first kappa shape index (κ1) is 13.0. The summed E-state index contributed by atoms with van der Waals surface area (Å²) in [5.74, 6) is 1.08. The summed E-state index contributed by atoms with van der Waals surface area (Å²) in [7, 11) is 1.65. The molecule has 2 heteroatoms. The van der Waals surface area contributed by atoms with Gasteiger partial charge in [0.2, 0.25) is 0 Å². The third-order valence-corrected chi connectivity index (χ3v) is 3.56. The molecular weight excluding hydrogens is 200 g/mol. The molecule has 2 unspecified atom stereocenters. The fraction of sp³-hybridized carbons (Fsp3) is 0.571. The Morgan fingerprint density at radius 2 is 1.81 bits per heavy atom. The Kier molecular flexibility index (Phi) is 4.36. The second-order valence-corrected chi connectivity index (χ2v) is 4.32. The van der Waals surface area contributed by atoms with E-state index in [2.05, 4.69) is 13.8 Å². The molecule has 0 aliphatic carbocycles. The van der Waals surface area contributed by atoms with Crippen molar-refractivity contribution in [1.82, 2.24) is 0 Å². The van der Waals surface area contributed by atoms with E-state index in [0.717, 1.165) is 24.2 Å². The quantitative estimate of drug-likeness (QED) is 0.828. The Hall–Kier alpha value is -1.02. The molecule has 90 valence electrons. The summed E-state index contributed by atoms with van der Waals surface area (Å²) in [6, 6.07) is 7.71. The Bertz CT molecular complexity index is 318. The Balaban J connectivity index is 3.03. The lowest BCUT2D eigenvalue weighted by atomic mass is 9.79. The molecule has 0 saturated carbocycles. The average Bonchev–Trinajstić information content (AvgIpc) is 2.36. The number of hydrogen-bond donors (Lipinski definition) is 1. The summed E-state index contributed by atoms with van der Waals surface area (Å²) in [4.78, 5) is 0. The maximum atomic E-state index is 10.7. The SMILES string of the molecule is CCC(C)C(O)(CC)c1ccc(OC)cc1. The van der Waals surface area contributed by atoms with E-state index in [0.29, 0.717) is 0 Å². The van der Waals surface area contributed by atoms with Crippen molar-refractivity contribution in [3.63, 3.8) is 0 Å². The van der Waals surface area contributed by atoms with Crippen LogP contribution >= 0.6 is 0 Å². The minimum Gasteiger partial charge on any atom is -0.497 e. The molecule has 0 fully saturated rings. The van der Waals surface area contributed by atoms with Gasteiger partial charge in [0.05, 0.1) is 12.7 Å². The van der Waals surface area contributed by atoms with Gasteiger partial charge in [-0.05, 0) is 30.0 Å². The van der Waals surface area contributed by atoms with Gasteiger partial charge in [-0.3, -0.25) is 0 Å². The van der Waals surface area contributed by atoms with Crippen LogP contribution < -0.4 is 4.74 Å². The molecular formula is C14H22O2. The predicted molar refractivity (Wildman–Crippen MR) is 66.6 cm³/mol. The van der Waals surface area contributed by atoms with Crippen LogP contribution in [0.4, 0.5) is 0 Å². The van der Waals surface area contributed by atoms with E-state index < -0.39 is 5.60 Å². The summed E-state index contributed by atoms with van der Waals surface area (Å²) in [5.41, 5.74) is 0.256. The van der Waals surface area contributed by atoms with E-state index in [1.165, 1.54) is 0 Å². The molecule has 1 aromatic carbocycles. The summed E-state index contributed by atoms with van der Waals surface area (Å²) in [6.07, 6.45) is 1.70. The molecule has 16 heavy (non-hydrogen) atoms.